The van der Waals surface area contributed by atoms with Crippen molar-refractivity contribution in [1.82, 2.24) is 4.90 Å². The minimum atomic E-state index is -0.550. The first-order valence-electron chi connectivity index (χ1n) is 8.61. The number of hydrogen-bond donors (Lipinski definition) is 0. The molecule has 8 heteroatoms. The predicted octanol–water partition coefficient (Wildman–Crippen LogP) is 4.27. The SMILES string of the molecule is COc1ccc(/C=C2/SC(=O)N(CCCc3ccccc3)C2=O)cc1[N+](=O)[O-]. The van der Waals surface area contributed by atoms with Crippen LogP contribution >= 0.6 is 11.8 Å². The highest BCUT2D eigenvalue weighted by atomic mass is 32.2. The van der Waals surface area contributed by atoms with E-state index < -0.39 is 4.92 Å². The third kappa shape index (κ3) is 4.40. The average Bonchev–Trinajstić information content (AvgIpc) is 2.96. The van der Waals surface area contributed by atoms with Gasteiger partial charge in [0.15, 0.2) is 5.75 Å². The van der Waals surface area contributed by atoms with E-state index in [1.165, 1.54) is 30.2 Å². The van der Waals surface area contributed by atoms with Crippen LogP contribution in [0.25, 0.3) is 6.08 Å². The minimum absolute atomic E-state index is 0.135. The topological polar surface area (TPSA) is 89.8 Å². The number of nitro groups is 1. The summed E-state index contributed by atoms with van der Waals surface area (Å²) in [6, 6.07) is 14.2. The van der Waals surface area contributed by atoms with Crippen LogP contribution in [-0.4, -0.2) is 34.6 Å². The van der Waals surface area contributed by atoms with Gasteiger partial charge < -0.3 is 4.74 Å². The van der Waals surface area contributed by atoms with E-state index >= 15 is 0 Å². The molecule has 1 aliphatic rings. The molecule has 0 aliphatic carbocycles. The summed E-state index contributed by atoms with van der Waals surface area (Å²) in [5.41, 5.74) is 1.41. The molecule has 1 heterocycles. The van der Waals surface area contributed by atoms with E-state index in [-0.39, 0.29) is 27.5 Å². The molecule has 0 atom stereocenters. The molecule has 1 aliphatic heterocycles. The molecule has 144 valence electrons. The molecule has 0 radical (unpaired) electrons. The van der Waals surface area contributed by atoms with Crippen LogP contribution in [-0.2, 0) is 11.2 Å². The van der Waals surface area contributed by atoms with Gasteiger partial charge in [0.25, 0.3) is 11.1 Å². The molecule has 0 spiro atoms. The second-order valence-corrected chi connectivity index (χ2v) is 7.10. The fourth-order valence-electron chi connectivity index (χ4n) is 2.87. The summed E-state index contributed by atoms with van der Waals surface area (Å²) < 4.78 is 4.97. The monoisotopic (exact) mass is 398 g/mol. The molecular formula is C20H18N2O5S. The number of benzene rings is 2. The van der Waals surface area contributed by atoms with Gasteiger partial charge in [0.1, 0.15) is 0 Å². The number of carbonyl (C=O) groups excluding carboxylic acids is 2. The number of nitro benzene ring substituents is 1. The van der Waals surface area contributed by atoms with Crippen molar-refractivity contribution in [2.75, 3.05) is 13.7 Å². The predicted molar refractivity (Wildman–Crippen MR) is 107 cm³/mol. The zero-order valence-electron chi connectivity index (χ0n) is 15.2. The van der Waals surface area contributed by atoms with Crippen molar-refractivity contribution in [2.24, 2.45) is 0 Å². The van der Waals surface area contributed by atoms with Crippen LogP contribution in [0.1, 0.15) is 17.5 Å². The summed E-state index contributed by atoms with van der Waals surface area (Å²) in [5, 5.41) is 10.8. The number of imide groups is 1. The molecule has 0 N–H and O–H groups in total. The second-order valence-electron chi connectivity index (χ2n) is 6.11. The average molecular weight is 398 g/mol. The van der Waals surface area contributed by atoms with Gasteiger partial charge >= 0.3 is 5.69 Å². The minimum Gasteiger partial charge on any atom is -0.490 e. The Balaban J connectivity index is 1.70. The van der Waals surface area contributed by atoms with E-state index in [0.717, 1.165) is 23.7 Å². The Bertz CT molecular complexity index is 943. The van der Waals surface area contributed by atoms with E-state index in [0.29, 0.717) is 18.5 Å². The summed E-state index contributed by atoms with van der Waals surface area (Å²) in [7, 11) is 1.35. The Morgan fingerprint density at radius 2 is 1.93 bits per heavy atom. The Morgan fingerprint density at radius 1 is 1.18 bits per heavy atom. The normalized spacial score (nSPS) is 15.3. The van der Waals surface area contributed by atoms with Gasteiger partial charge in [0.05, 0.1) is 16.9 Å². The summed E-state index contributed by atoms with van der Waals surface area (Å²) >= 11 is 0.845. The molecular weight excluding hydrogens is 380 g/mol. The van der Waals surface area contributed by atoms with Crippen LogP contribution in [0.2, 0.25) is 0 Å². The highest BCUT2D eigenvalue weighted by molar-refractivity contribution is 8.18. The summed E-state index contributed by atoms with van der Waals surface area (Å²) in [4.78, 5) is 36.8. The Hall–Kier alpha value is -3.13. The van der Waals surface area contributed by atoms with E-state index in [2.05, 4.69) is 0 Å². The third-order valence-corrected chi connectivity index (χ3v) is 5.17. The van der Waals surface area contributed by atoms with Crippen molar-refractivity contribution < 1.29 is 19.2 Å². The van der Waals surface area contributed by atoms with Crippen LogP contribution in [0.3, 0.4) is 0 Å². The number of carbonyl (C=O) groups is 2. The van der Waals surface area contributed by atoms with Crippen LogP contribution in [0.4, 0.5) is 10.5 Å². The van der Waals surface area contributed by atoms with Crippen molar-refractivity contribution in [3.05, 3.63) is 74.7 Å². The highest BCUT2D eigenvalue weighted by Gasteiger charge is 2.34. The standard InChI is InChI=1S/C20H18N2O5S/c1-27-17-10-9-15(12-16(17)22(25)26)13-18-19(23)21(20(24)28-18)11-5-8-14-6-3-2-4-7-14/h2-4,6-7,9-10,12-13H,5,8,11H2,1H3/b18-13+. The maximum Gasteiger partial charge on any atom is 0.311 e. The first-order valence-corrected chi connectivity index (χ1v) is 9.43. The lowest BCUT2D eigenvalue weighted by Crippen LogP contribution is -2.29. The van der Waals surface area contributed by atoms with E-state index in [1.54, 1.807) is 6.07 Å². The van der Waals surface area contributed by atoms with Gasteiger partial charge in [0, 0.05) is 12.6 Å². The van der Waals surface area contributed by atoms with Gasteiger partial charge in [-0.3, -0.25) is 24.6 Å². The Labute approximate surface area is 166 Å². The number of ether oxygens (including phenoxy) is 1. The first kappa shape index (κ1) is 19.6. The fourth-order valence-corrected chi connectivity index (χ4v) is 3.73. The van der Waals surface area contributed by atoms with Crippen LogP contribution in [0, 0.1) is 10.1 Å². The van der Waals surface area contributed by atoms with Crippen molar-refractivity contribution in [1.29, 1.82) is 0 Å². The number of thioether (sulfide) groups is 1. The first-order chi connectivity index (χ1) is 13.5. The molecule has 0 aromatic heterocycles. The van der Waals surface area contributed by atoms with Crippen molar-refractivity contribution in [3.63, 3.8) is 0 Å². The van der Waals surface area contributed by atoms with Gasteiger partial charge in [-0.05, 0) is 47.9 Å². The lowest BCUT2D eigenvalue weighted by atomic mass is 10.1. The quantitative estimate of drug-likeness (QED) is 0.393. The molecule has 0 unspecified atom stereocenters. The molecule has 1 saturated heterocycles. The fraction of sp³-hybridized carbons (Fsp3) is 0.200. The lowest BCUT2D eigenvalue weighted by Gasteiger charge is -2.12. The summed E-state index contributed by atoms with van der Waals surface area (Å²) in [5.74, 6) is -0.238. The maximum atomic E-state index is 12.6. The van der Waals surface area contributed by atoms with Crippen molar-refractivity contribution in [3.8, 4) is 5.75 Å². The van der Waals surface area contributed by atoms with Crippen LogP contribution in [0.5, 0.6) is 5.75 Å². The van der Waals surface area contributed by atoms with Crippen molar-refractivity contribution >= 4 is 34.7 Å². The van der Waals surface area contributed by atoms with E-state index in [4.69, 9.17) is 4.74 Å². The molecule has 2 aromatic carbocycles. The van der Waals surface area contributed by atoms with Crippen LogP contribution < -0.4 is 4.74 Å². The van der Waals surface area contributed by atoms with Crippen LogP contribution in [0.15, 0.2) is 53.4 Å². The lowest BCUT2D eigenvalue weighted by molar-refractivity contribution is -0.385. The van der Waals surface area contributed by atoms with Gasteiger partial charge in [-0.2, -0.15) is 0 Å². The maximum absolute atomic E-state index is 12.6. The molecule has 3 rings (SSSR count). The molecule has 0 saturated carbocycles. The number of methoxy groups -OCH3 is 1. The summed E-state index contributed by atoms with van der Waals surface area (Å²) in [6.07, 6.45) is 2.93. The zero-order chi connectivity index (χ0) is 20.1. The van der Waals surface area contributed by atoms with Gasteiger partial charge in [-0.15, -0.1) is 0 Å². The van der Waals surface area contributed by atoms with Gasteiger partial charge in [0.2, 0.25) is 0 Å². The number of rotatable bonds is 7. The number of aryl methyl sites for hydroxylation is 1. The molecule has 7 nitrogen and oxygen atoms in total. The van der Waals surface area contributed by atoms with Crippen molar-refractivity contribution in [2.45, 2.75) is 12.8 Å². The molecule has 2 amide bonds. The number of nitrogens with zero attached hydrogens (tertiary/aromatic N) is 2. The van der Waals surface area contributed by atoms with E-state index in [1.807, 2.05) is 30.3 Å². The molecule has 0 bridgehead atoms. The highest BCUT2D eigenvalue weighted by Crippen LogP contribution is 2.34. The summed E-state index contributed by atoms with van der Waals surface area (Å²) in [6.45, 7) is 0.333. The largest absolute Gasteiger partial charge is 0.490 e. The second kappa shape index (κ2) is 8.71. The molecule has 1 fully saturated rings. The Kier molecular flexibility index (Phi) is 6.10. The number of amides is 2. The Morgan fingerprint density at radius 3 is 2.61 bits per heavy atom. The molecule has 28 heavy (non-hydrogen) atoms. The smallest absolute Gasteiger partial charge is 0.311 e. The van der Waals surface area contributed by atoms with Gasteiger partial charge in [-0.25, -0.2) is 0 Å². The number of hydrogen-bond acceptors (Lipinski definition) is 6. The molecule has 2 aromatic rings. The third-order valence-electron chi connectivity index (χ3n) is 4.26. The van der Waals surface area contributed by atoms with Gasteiger partial charge in [-0.1, -0.05) is 36.4 Å². The zero-order valence-corrected chi connectivity index (χ0v) is 16.0. The van der Waals surface area contributed by atoms with E-state index in [9.17, 15) is 19.7 Å².